The predicted molar refractivity (Wildman–Crippen MR) is 79.8 cm³/mol. The molecule has 0 saturated carbocycles. The Labute approximate surface area is 122 Å². The van der Waals surface area contributed by atoms with Gasteiger partial charge in [-0.2, -0.15) is 0 Å². The Bertz CT molecular complexity index is 563. The van der Waals surface area contributed by atoms with Crippen LogP contribution in [0, 0.1) is 6.92 Å². The number of hydrogen-bond donors (Lipinski definition) is 2. The highest BCUT2D eigenvalue weighted by Gasteiger charge is 2.15. The summed E-state index contributed by atoms with van der Waals surface area (Å²) in [5.74, 6) is 1.25. The first kappa shape index (κ1) is 14.7. The molecule has 0 aliphatic rings. The van der Waals surface area contributed by atoms with Crippen LogP contribution in [0.15, 0.2) is 21.9 Å². The normalized spacial score (nSPS) is 12.3. The summed E-state index contributed by atoms with van der Waals surface area (Å²) in [5, 5.41) is 7.92. The number of carbonyl (C=O) groups excluding carboxylic acids is 1. The van der Waals surface area contributed by atoms with Crippen LogP contribution in [0.5, 0.6) is 0 Å². The van der Waals surface area contributed by atoms with Gasteiger partial charge in [-0.15, -0.1) is 11.3 Å². The zero-order valence-corrected chi connectivity index (χ0v) is 12.7. The van der Waals surface area contributed by atoms with Crippen LogP contribution in [-0.4, -0.2) is 30.5 Å². The van der Waals surface area contributed by atoms with E-state index in [2.05, 4.69) is 15.6 Å². The highest BCUT2D eigenvalue weighted by atomic mass is 32.1. The van der Waals surface area contributed by atoms with Crippen LogP contribution in [0.1, 0.15) is 18.4 Å². The van der Waals surface area contributed by atoms with E-state index in [0.29, 0.717) is 23.9 Å². The van der Waals surface area contributed by atoms with Gasteiger partial charge in [0, 0.05) is 12.6 Å². The minimum atomic E-state index is -0.0405. The summed E-state index contributed by atoms with van der Waals surface area (Å²) in [6, 6.07) is 4.15. The van der Waals surface area contributed by atoms with Gasteiger partial charge in [-0.3, -0.25) is 4.79 Å². The summed E-state index contributed by atoms with van der Waals surface area (Å²) in [7, 11) is 1.87. The van der Waals surface area contributed by atoms with Crippen LogP contribution in [-0.2, 0) is 11.2 Å². The van der Waals surface area contributed by atoms with E-state index in [0.717, 1.165) is 4.88 Å². The number of likely N-dealkylation sites (N-methyl/N-ethyl adjacent to an activating group) is 1. The summed E-state index contributed by atoms with van der Waals surface area (Å²) >= 11 is 1.57. The second-order valence-electron chi connectivity index (χ2n) is 4.67. The summed E-state index contributed by atoms with van der Waals surface area (Å²) in [6.45, 7) is 4.45. The van der Waals surface area contributed by atoms with Gasteiger partial charge in [0.05, 0.1) is 17.0 Å². The van der Waals surface area contributed by atoms with E-state index < -0.39 is 0 Å². The summed E-state index contributed by atoms with van der Waals surface area (Å²) in [4.78, 5) is 17.2. The third kappa shape index (κ3) is 3.68. The number of aryl methyl sites for hydroxylation is 1. The van der Waals surface area contributed by atoms with Crippen molar-refractivity contribution in [3.8, 4) is 10.8 Å². The van der Waals surface area contributed by atoms with E-state index in [9.17, 15) is 4.79 Å². The maximum absolute atomic E-state index is 11.9. The Kier molecular flexibility index (Phi) is 4.92. The summed E-state index contributed by atoms with van der Waals surface area (Å²) in [5.41, 5.74) is 0.697. The van der Waals surface area contributed by atoms with E-state index in [4.69, 9.17) is 4.42 Å². The van der Waals surface area contributed by atoms with Crippen molar-refractivity contribution >= 4 is 17.2 Å². The largest absolute Gasteiger partial charge is 0.440 e. The average Bonchev–Trinajstić information content (AvgIpc) is 3.06. The lowest BCUT2D eigenvalue weighted by molar-refractivity contribution is -0.120. The van der Waals surface area contributed by atoms with Gasteiger partial charge in [0.25, 0.3) is 0 Å². The van der Waals surface area contributed by atoms with Crippen LogP contribution >= 0.6 is 11.3 Å². The minimum absolute atomic E-state index is 0.0405. The summed E-state index contributed by atoms with van der Waals surface area (Å²) < 4.78 is 5.61. The fourth-order valence-corrected chi connectivity index (χ4v) is 2.33. The second kappa shape index (κ2) is 6.67. The third-order valence-corrected chi connectivity index (χ3v) is 3.91. The third-order valence-electron chi connectivity index (χ3n) is 3.05. The topological polar surface area (TPSA) is 67.2 Å². The molecule has 2 aromatic heterocycles. The van der Waals surface area contributed by atoms with E-state index in [1.165, 1.54) is 0 Å². The van der Waals surface area contributed by atoms with Crippen LogP contribution in [0.3, 0.4) is 0 Å². The Hall–Kier alpha value is -1.66. The molecule has 2 rings (SSSR count). The number of nitrogens with zero attached hydrogens (tertiary/aromatic N) is 1. The van der Waals surface area contributed by atoms with Gasteiger partial charge in [-0.05, 0) is 32.3 Å². The predicted octanol–water partition coefficient (Wildman–Crippen LogP) is 1.98. The molecule has 1 unspecified atom stereocenters. The molecule has 0 saturated heterocycles. The molecule has 0 aliphatic carbocycles. The fourth-order valence-electron chi connectivity index (χ4n) is 1.68. The fraction of sp³-hybridized carbons (Fsp3) is 0.429. The molecule has 6 heteroatoms. The quantitative estimate of drug-likeness (QED) is 0.854. The van der Waals surface area contributed by atoms with Crippen molar-refractivity contribution in [2.45, 2.75) is 26.3 Å². The molecule has 5 nitrogen and oxygen atoms in total. The van der Waals surface area contributed by atoms with Crippen molar-refractivity contribution in [2.75, 3.05) is 13.6 Å². The minimum Gasteiger partial charge on any atom is -0.440 e. The molecule has 108 valence electrons. The Balaban J connectivity index is 1.98. The van der Waals surface area contributed by atoms with Crippen molar-refractivity contribution < 1.29 is 9.21 Å². The molecule has 0 aliphatic heterocycles. The molecule has 1 atom stereocenters. The number of hydrogen-bond acceptors (Lipinski definition) is 5. The first-order valence-electron chi connectivity index (χ1n) is 6.54. The van der Waals surface area contributed by atoms with Crippen molar-refractivity contribution in [3.63, 3.8) is 0 Å². The number of rotatable bonds is 6. The average molecular weight is 293 g/mol. The van der Waals surface area contributed by atoms with E-state index in [1.54, 1.807) is 11.3 Å². The van der Waals surface area contributed by atoms with Crippen LogP contribution in [0.25, 0.3) is 10.8 Å². The molecular weight excluding hydrogens is 274 g/mol. The molecular formula is C14H19N3O2S. The van der Waals surface area contributed by atoms with Crippen molar-refractivity contribution in [2.24, 2.45) is 0 Å². The zero-order valence-electron chi connectivity index (χ0n) is 11.9. The highest BCUT2D eigenvalue weighted by Crippen LogP contribution is 2.25. The van der Waals surface area contributed by atoms with Gasteiger partial charge in [0.1, 0.15) is 5.76 Å². The van der Waals surface area contributed by atoms with Crippen molar-refractivity contribution in [1.82, 2.24) is 15.6 Å². The molecule has 2 N–H and O–H groups in total. The number of carbonyl (C=O) groups is 1. The molecule has 0 aromatic carbocycles. The number of thiophene rings is 1. The number of oxazole rings is 1. The Morgan fingerprint density at radius 2 is 2.35 bits per heavy atom. The van der Waals surface area contributed by atoms with Gasteiger partial charge in [-0.1, -0.05) is 6.07 Å². The maximum atomic E-state index is 11.9. The van der Waals surface area contributed by atoms with Gasteiger partial charge < -0.3 is 15.1 Å². The highest BCUT2D eigenvalue weighted by molar-refractivity contribution is 7.13. The van der Waals surface area contributed by atoms with E-state index in [1.807, 2.05) is 38.4 Å². The molecule has 20 heavy (non-hydrogen) atoms. The van der Waals surface area contributed by atoms with Crippen LogP contribution < -0.4 is 10.6 Å². The lowest BCUT2D eigenvalue weighted by Crippen LogP contribution is -2.37. The lowest BCUT2D eigenvalue weighted by atomic mass is 10.2. The van der Waals surface area contributed by atoms with Crippen LogP contribution in [0.4, 0.5) is 0 Å². The molecule has 2 aromatic rings. The smallest absolute Gasteiger partial charge is 0.236 e. The standard InChI is InChI=1S/C14H19N3O2S/c1-9(15-3)8-16-13(18)7-11-10(2)19-14(17-11)12-5-4-6-20-12/h4-6,9,15H,7-8H2,1-3H3,(H,16,18). The lowest BCUT2D eigenvalue weighted by Gasteiger charge is -2.10. The Morgan fingerprint density at radius 1 is 1.55 bits per heavy atom. The van der Waals surface area contributed by atoms with Gasteiger partial charge in [-0.25, -0.2) is 4.98 Å². The number of aromatic nitrogens is 1. The molecule has 1 amide bonds. The summed E-state index contributed by atoms with van der Waals surface area (Å²) in [6.07, 6.45) is 0.247. The van der Waals surface area contributed by atoms with Gasteiger partial charge in [0.2, 0.25) is 11.8 Å². The monoisotopic (exact) mass is 293 g/mol. The van der Waals surface area contributed by atoms with Gasteiger partial charge in [0.15, 0.2) is 0 Å². The first-order valence-corrected chi connectivity index (χ1v) is 7.42. The Morgan fingerprint density at radius 3 is 3.00 bits per heavy atom. The molecule has 0 radical (unpaired) electrons. The zero-order chi connectivity index (χ0) is 14.5. The molecule has 0 spiro atoms. The van der Waals surface area contributed by atoms with Crippen molar-refractivity contribution in [3.05, 3.63) is 29.0 Å². The first-order chi connectivity index (χ1) is 9.60. The van der Waals surface area contributed by atoms with Crippen LogP contribution in [0.2, 0.25) is 0 Å². The molecule has 0 fully saturated rings. The van der Waals surface area contributed by atoms with E-state index >= 15 is 0 Å². The number of amides is 1. The maximum Gasteiger partial charge on any atom is 0.236 e. The second-order valence-corrected chi connectivity index (χ2v) is 5.62. The van der Waals surface area contributed by atoms with E-state index in [-0.39, 0.29) is 18.4 Å². The number of nitrogens with one attached hydrogen (secondary N) is 2. The SMILES string of the molecule is CNC(C)CNC(=O)Cc1nc(-c2cccs2)oc1C. The van der Waals surface area contributed by atoms with Gasteiger partial charge >= 0.3 is 0 Å². The molecule has 2 heterocycles. The molecule has 0 bridgehead atoms. The van der Waals surface area contributed by atoms with Crippen molar-refractivity contribution in [1.29, 1.82) is 0 Å².